The minimum atomic E-state index is 0.350. The first-order chi connectivity index (χ1) is 6.81. The molecule has 0 aliphatic carbocycles. The summed E-state index contributed by atoms with van der Waals surface area (Å²) >= 11 is 0. The maximum Gasteiger partial charge on any atom is 0.144 e. The van der Waals surface area contributed by atoms with Crippen molar-refractivity contribution < 1.29 is 9.53 Å². The summed E-state index contributed by atoms with van der Waals surface area (Å²) in [6, 6.07) is 8.90. The van der Waals surface area contributed by atoms with Crippen LogP contribution in [0.25, 0.3) is 5.57 Å². The van der Waals surface area contributed by atoms with Crippen LogP contribution in [0.2, 0.25) is 0 Å². The number of nitrogens with zero attached hydrogens (tertiary/aromatic N) is 1. The van der Waals surface area contributed by atoms with Crippen LogP contribution in [-0.4, -0.2) is 13.4 Å². The maximum atomic E-state index is 10.2. The number of benzene rings is 1. The molecule has 0 aliphatic rings. The third-order valence-corrected chi connectivity index (χ3v) is 1.76. The Bertz CT molecular complexity index is 385. The molecule has 0 radical (unpaired) electrons. The van der Waals surface area contributed by atoms with E-state index in [1.54, 1.807) is 31.4 Å². The van der Waals surface area contributed by atoms with Gasteiger partial charge in [-0.25, -0.2) is 0 Å². The molecule has 0 aliphatic heterocycles. The van der Waals surface area contributed by atoms with Crippen molar-refractivity contribution >= 4 is 11.9 Å². The lowest BCUT2D eigenvalue weighted by Crippen LogP contribution is -1.85. The van der Waals surface area contributed by atoms with Crippen LogP contribution in [-0.2, 0) is 4.79 Å². The molecule has 70 valence electrons. The smallest absolute Gasteiger partial charge is 0.144 e. The number of hydrogen-bond donors (Lipinski definition) is 0. The quantitative estimate of drug-likeness (QED) is 0.412. The Kier molecular flexibility index (Phi) is 3.45. The minimum Gasteiger partial charge on any atom is -0.497 e. The van der Waals surface area contributed by atoms with Gasteiger partial charge < -0.3 is 4.74 Å². The Morgan fingerprint density at radius 1 is 1.43 bits per heavy atom. The Hall–Kier alpha value is -2.08. The molecule has 0 fully saturated rings. The first kappa shape index (κ1) is 10.0. The first-order valence-corrected chi connectivity index (χ1v) is 4.02. The van der Waals surface area contributed by atoms with Gasteiger partial charge in [-0.3, -0.25) is 4.79 Å². The maximum absolute atomic E-state index is 10.2. The fourth-order valence-corrected chi connectivity index (χ4v) is 1.04. The van der Waals surface area contributed by atoms with Crippen LogP contribution in [0.4, 0.5) is 0 Å². The van der Waals surface area contributed by atoms with Crippen molar-refractivity contribution in [3.63, 3.8) is 0 Å². The molecule has 0 unspecified atom stereocenters. The van der Waals surface area contributed by atoms with Gasteiger partial charge in [-0.15, -0.1) is 0 Å². The highest BCUT2D eigenvalue weighted by Gasteiger charge is 1.99. The fraction of sp³-hybridized carbons (Fsp3) is 0.0909. The van der Waals surface area contributed by atoms with E-state index in [1.807, 2.05) is 6.07 Å². The van der Waals surface area contributed by atoms with E-state index in [2.05, 4.69) is 0 Å². The minimum absolute atomic E-state index is 0.350. The van der Waals surface area contributed by atoms with Crippen LogP contribution >= 0.6 is 0 Å². The van der Waals surface area contributed by atoms with E-state index in [-0.39, 0.29) is 0 Å². The van der Waals surface area contributed by atoms with Gasteiger partial charge in [-0.05, 0) is 35.9 Å². The Balaban J connectivity index is 3.02. The molecule has 14 heavy (non-hydrogen) atoms. The molecule has 3 heteroatoms. The second kappa shape index (κ2) is 4.83. The second-order valence-electron chi connectivity index (χ2n) is 2.56. The average molecular weight is 187 g/mol. The number of hydrogen-bond acceptors (Lipinski definition) is 3. The highest BCUT2D eigenvalue weighted by molar-refractivity contribution is 5.88. The molecule has 1 aromatic rings. The molecule has 0 atom stereocenters. The highest BCUT2D eigenvalue weighted by Crippen LogP contribution is 2.17. The van der Waals surface area contributed by atoms with E-state index in [9.17, 15) is 4.79 Å². The van der Waals surface area contributed by atoms with Crippen molar-refractivity contribution in [2.45, 2.75) is 0 Å². The second-order valence-corrected chi connectivity index (χ2v) is 2.56. The van der Waals surface area contributed by atoms with Gasteiger partial charge in [0.25, 0.3) is 0 Å². The fourth-order valence-electron chi connectivity index (χ4n) is 1.04. The van der Waals surface area contributed by atoms with Crippen molar-refractivity contribution in [3.05, 3.63) is 35.9 Å². The highest BCUT2D eigenvalue weighted by atomic mass is 16.5. The number of rotatable bonds is 3. The molecular formula is C11H9NO2. The van der Waals surface area contributed by atoms with Crippen molar-refractivity contribution in [1.82, 2.24) is 0 Å². The summed E-state index contributed by atoms with van der Waals surface area (Å²) in [6.07, 6.45) is 1.84. The van der Waals surface area contributed by atoms with Gasteiger partial charge in [-0.1, -0.05) is 0 Å². The average Bonchev–Trinajstić information content (AvgIpc) is 2.26. The van der Waals surface area contributed by atoms with Gasteiger partial charge in [0.05, 0.1) is 18.8 Å². The zero-order chi connectivity index (χ0) is 10.4. The summed E-state index contributed by atoms with van der Waals surface area (Å²) in [6.45, 7) is 0. The molecule has 0 spiro atoms. The number of allylic oxidation sites excluding steroid dienone is 2. The Labute approximate surface area is 82.2 Å². The predicted octanol–water partition coefficient (Wildman–Crippen LogP) is 1.80. The summed E-state index contributed by atoms with van der Waals surface area (Å²) in [7, 11) is 1.57. The topological polar surface area (TPSA) is 50.1 Å². The molecule has 3 nitrogen and oxygen atoms in total. The van der Waals surface area contributed by atoms with Crippen LogP contribution in [0.5, 0.6) is 5.75 Å². The van der Waals surface area contributed by atoms with E-state index in [1.165, 1.54) is 6.08 Å². The first-order valence-electron chi connectivity index (χ1n) is 4.02. The van der Waals surface area contributed by atoms with Crippen molar-refractivity contribution in [3.8, 4) is 11.8 Å². The Morgan fingerprint density at radius 2 is 2.07 bits per heavy atom. The Morgan fingerprint density at radius 3 is 2.50 bits per heavy atom. The molecule has 0 bridgehead atoms. The zero-order valence-electron chi connectivity index (χ0n) is 7.73. The standard InChI is InChI=1S/C11H9NO2/c1-14-11-4-2-9(3-5-11)10(8-12)6-7-13/h2-7H,1H3. The van der Waals surface area contributed by atoms with Crippen LogP contribution in [0.1, 0.15) is 5.56 Å². The zero-order valence-corrected chi connectivity index (χ0v) is 7.73. The van der Waals surface area contributed by atoms with Gasteiger partial charge in [0.2, 0.25) is 0 Å². The lowest BCUT2D eigenvalue weighted by Gasteiger charge is -2.00. The van der Waals surface area contributed by atoms with Crippen LogP contribution in [0, 0.1) is 11.3 Å². The summed E-state index contributed by atoms with van der Waals surface area (Å²) in [5.41, 5.74) is 1.06. The van der Waals surface area contributed by atoms with Crippen LogP contribution < -0.4 is 4.74 Å². The van der Waals surface area contributed by atoms with E-state index < -0.39 is 0 Å². The van der Waals surface area contributed by atoms with Gasteiger partial charge in [0.1, 0.15) is 12.0 Å². The van der Waals surface area contributed by atoms with Gasteiger partial charge in [0, 0.05) is 0 Å². The third kappa shape index (κ3) is 2.20. The number of carbonyl (C=O) groups excluding carboxylic acids is 1. The lowest BCUT2D eigenvalue weighted by molar-refractivity contribution is -0.104. The molecule has 0 amide bonds. The van der Waals surface area contributed by atoms with Gasteiger partial charge in [0.15, 0.2) is 0 Å². The molecule has 0 N–H and O–H groups in total. The third-order valence-electron chi connectivity index (χ3n) is 1.76. The van der Waals surface area contributed by atoms with E-state index in [4.69, 9.17) is 10.00 Å². The molecular weight excluding hydrogens is 178 g/mol. The van der Waals surface area contributed by atoms with E-state index in [0.717, 1.165) is 5.75 Å². The van der Waals surface area contributed by atoms with Crippen LogP contribution in [0.3, 0.4) is 0 Å². The summed E-state index contributed by atoms with van der Waals surface area (Å²) in [4.78, 5) is 10.2. The van der Waals surface area contributed by atoms with Crippen molar-refractivity contribution in [1.29, 1.82) is 5.26 Å². The number of nitriles is 1. The SMILES string of the molecule is COc1ccc(C(C#N)=CC=O)cc1. The van der Waals surface area contributed by atoms with Crippen molar-refractivity contribution in [2.75, 3.05) is 7.11 Å². The molecule has 0 saturated carbocycles. The predicted molar refractivity (Wildman–Crippen MR) is 52.6 cm³/mol. The summed E-state index contributed by atoms with van der Waals surface area (Å²) in [5, 5.41) is 8.73. The van der Waals surface area contributed by atoms with Gasteiger partial charge >= 0.3 is 0 Å². The van der Waals surface area contributed by atoms with Gasteiger partial charge in [-0.2, -0.15) is 5.26 Å². The largest absolute Gasteiger partial charge is 0.497 e. The van der Waals surface area contributed by atoms with Crippen molar-refractivity contribution in [2.24, 2.45) is 0 Å². The molecule has 0 saturated heterocycles. The number of ether oxygens (including phenoxy) is 1. The molecule has 1 aromatic carbocycles. The summed E-state index contributed by atoms with van der Waals surface area (Å²) < 4.78 is 4.97. The lowest BCUT2D eigenvalue weighted by atomic mass is 10.1. The monoisotopic (exact) mass is 187 g/mol. The summed E-state index contributed by atoms with van der Waals surface area (Å²) in [5.74, 6) is 0.720. The molecule has 1 rings (SSSR count). The van der Waals surface area contributed by atoms with Crippen LogP contribution in [0.15, 0.2) is 30.3 Å². The van der Waals surface area contributed by atoms with E-state index >= 15 is 0 Å². The molecule has 0 heterocycles. The normalized spacial score (nSPS) is 10.4. The van der Waals surface area contributed by atoms with E-state index in [0.29, 0.717) is 17.4 Å². The molecule has 0 aromatic heterocycles. The number of carbonyl (C=O) groups is 1. The number of aldehydes is 1. The number of methoxy groups -OCH3 is 1.